The molecule has 10 heteroatoms. The molecule has 4 aromatic rings. The molecule has 3 heterocycles. The van der Waals surface area contributed by atoms with Gasteiger partial charge in [-0.25, -0.2) is 17.4 Å². The summed E-state index contributed by atoms with van der Waals surface area (Å²) in [6.45, 7) is 0.546. The maximum absolute atomic E-state index is 13.3. The standard InChI is InChI=1S/C20H18BrN5O2S.ClH/c1-22-11-14-13-26(29(27,28)16-4-2-8-23-12-16)19-10-15(6-7-17(14)19)25-20-18(21)5-3-9-24-20;/h2-10,12-13,22H,11H2,1H3,(H,24,25);1H. The molecule has 0 amide bonds. The average Bonchev–Trinajstić information content (AvgIpc) is 3.09. The summed E-state index contributed by atoms with van der Waals surface area (Å²) in [5.74, 6) is 0.649. The van der Waals surface area contributed by atoms with Crippen LogP contribution in [0.5, 0.6) is 0 Å². The molecule has 7 nitrogen and oxygen atoms in total. The van der Waals surface area contributed by atoms with Gasteiger partial charge in [0, 0.05) is 42.4 Å². The molecule has 1 aromatic carbocycles. The number of anilines is 2. The zero-order valence-corrected chi connectivity index (χ0v) is 19.1. The zero-order valence-electron chi connectivity index (χ0n) is 15.9. The summed E-state index contributed by atoms with van der Waals surface area (Å²) in [6.07, 6.45) is 6.24. The third kappa shape index (κ3) is 4.20. The molecule has 156 valence electrons. The van der Waals surface area contributed by atoms with Crippen molar-refractivity contribution in [2.24, 2.45) is 0 Å². The van der Waals surface area contributed by atoms with Crippen LogP contribution in [0, 0.1) is 0 Å². The predicted octanol–water partition coefficient (Wildman–Crippen LogP) is 4.32. The van der Waals surface area contributed by atoms with Crippen molar-refractivity contribution in [1.29, 1.82) is 0 Å². The number of halogens is 2. The third-order valence-electron chi connectivity index (χ3n) is 4.43. The molecular formula is C20H19BrClN5O2S. The smallest absolute Gasteiger partial charge is 0.269 e. The fraction of sp³-hybridized carbons (Fsp3) is 0.100. The lowest BCUT2D eigenvalue weighted by Crippen LogP contribution is -2.12. The Morgan fingerprint density at radius 1 is 1.13 bits per heavy atom. The van der Waals surface area contributed by atoms with Gasteiger partial charge in [-0.2, -0.15) is 0 Å². The van der Waals surface area contributed by atoms with Gasteiger partial charge in [-0.1, -0.05) is 6.07 Å². The molecule has 4 rings (SSSR count). The number of nitrogens with one attached hydrogen (secondary N) is 2. The van der Waals surface area contributed by atoms with Crippen LogP contribution < -0.4 is 10.6 Å². The van der Waals surface area contributed by atoms with E-state index in [1.807, 2.05) is 37.4 Å². The number of hydrogen-bond donors (Lipinski definition) is 2. The number of rotatable bonds is 6. The number of pyridine rings is 2. The van der Waals surface area contributed by atoms with Gasteiger partial charge in [0.15, 0.2) is 0 Å². The van der Waals surface area contributed by atoms with E-state index in [4.69, 9.17) is 0 Å². The summed E-state index contributed by atoms with van der Waals surface area (Å²) in [6, 6.07) is 12.5. The second-order valence-corrected chi connectivity index (χ2v) is 9.03. The first kappa shape index (κ1) is 22.2. The normalized spacial score (nSPS) is 11.3. The summed E-state index contributed by atoms with van der Waals surface area (Å²) < 4.78 is 28.6. The highest BCUT2D eigenvalue weighted by atomic mass is 79.9. The second kappa shape index (κ2) is 9.13. The monoisotopic (exact) mass is 507 g/mol. The van der Waals surface area contributed by atoms with Gasteiger partial charge >= 0.3 is 0 Å². The van der Waals surface area contributed by atoms with E-state index in [1.165, 1.54) is 10.2 Å². The van der Waals surface area contributed by atoms with Crippen LogP contribution in [0.3, 0.4) is 0 Å². The van der Waals surface area contributed by atoms with E-state index in [1.54, 1.807) is 30.7 Å². The molecule has 3 aromatic heterocycles. The second-order valence-electron chi connectivity index (χ2n) is 6.37. The van der Waals surface area contributed by atoms with Gasteiger partial charge in [0.2, 0.25) is 0 Å². The number of nitrogens with zero attached hydrogens (tertiary/aromatic N) is 3. The van der Waals surface area contributed by atoms with Crippen LogP contribution in [0.2, 0.25) is 0 Å². The quantitative estimate of drug-likeness (QED) is 0.403. The molecule has 0 spiro atoms. The average molecular weight is 509 g/mol. The van der Waals surface area contributed by atoms with Crippen molar-refractivity contribution in [2.75, 3.05) is 12.4 Å². The first-order valence-electron chi connectivity index (χ1n) is 8.82. The molecule has 0 bridgehead atoms. The predicted molar refractivity (Wildman–Crippen MR) is 124 cm³/mol. The Kier molecular flexibility index (Phi) is 6.77. The molecule has 0 saturated heterocycles. The van der Waals surface area contributed by atoms with Gasteiger partial charge in [0.25, 0.3) is 10.0 Å². The van der Waals surface area contributed by atoms with E-state index in [2.05, 4.69) is 36.5 Å². The van der Waals surface area contributed by atoms with Crippen LogP contribution in [-0.4, -0.2) is 29.4 Å². The van der Waals surface area contributed by atoms with Crippen LogP contribution >= 0.6 is 28.3 Å². The Morgan fingerprint density at radius 3 is 2.63 bits per heavy atom. The van der Waals surface area contributed by atoms with Gasteiger partial charge in [-0.3, -0.25) is 4.98 Å². The van der Waals surface area contributed by atoms with Crippen LogP contribution in [0.25, 0.3) is 10.9 Å². The minimum absolute atomic E-state index is 0. The van der Waals surface area contributed by atoms with Crippen molar-refractivity contribution in [3.8, 4) is 0 Å². The number of fused-ring (bicyclic) bond motifs is 1. The van der Waals surface area contributed by atoms with Gasteiger partial charge in [-0.15, -0.1) is 12.4 Å². The molecule has 0 fully saturated rings. The molecule has 0 aliphatic carbocycles. The Hall–Kier alpha value is -2.46. The summed E-state index contributed by atoms with van der Waals surface area (Å²) in [7, 11) is -1.96. The highest BCUT2D eigenvalue weighted by Crippen LogP contribution is 2.30. The van der Waals surface area contributed by atoms with Crippen molar-refractivity contribution in [3.05, 3.63) is 77.3 Å². The molecule has 0 unspecified atom stereocenters. The van der Waals surface area contributed by atoms with Crippen LogP contribution in [-0.2, 0) is 16.6 Å². The molecule has 30 heavy (non-hydrogen) atoms. The molecule has 2 N–H and O–H groups in total. The fourth-order valence-electron chi connectivity index (χ4n) is 3.10. The van der Waals surface area contributed by atoms with Crippen molar-refractivity contribution in [2.45, 2.75) is 11.4 Å². The van der Waals surface area contributed by atoms with E-state index in [0.717, 1.165) is 21.1 Å². The van der Waals surface area contributed by atoms with Gasteiger partial charge in [0.1, 0.15) is 10.7 Å². The number of hydrogen-bond acceptors (Lipinski definition) is 6. The highest BCUT2D eigenvalue weighted by Gasteiger charge is 2.21. The van der Waals surface area contributed by atoms with Crippen molar-refractivity contribution < 1.29 is 8.42 Å². The fourth-order valence-corrected chi connectivity index (χ4v) is 4.80. The van der Waals surface area contributed by atoms with E-state index < -0.39 is 10.0 Å². The van der Waals surface area contributed by atoms with Crippen molar-refractivity contribution >= 4 is 60.8 Å². The third-order valence-corrected chi connectivity index (χ3v) is 6.73. The molecular weight excluding hydrogens is 490 g/mol. The lowest BCUT2D eigenvalue weighted by molar-refractivity contribution is 0.588. The molecule has 0 saturated carbocycles. The minimum Gasteiger partial charge on any atom is -0.339 e. The summed E-state index contributed by atoms with van der Waals surface area (Å²) >= 11 is 3.46. The van der Waals surface area contributed by atoms with E-state index in [-0.39, 0.29) is 17.3 Å². The summed E-state index contributed by atoms with van der Waals surface area (Å²) in [5.41, 5.74) is 2.20. The number of aromatic nitrogens is 3. The van der Waals surface area contributed by atoms with E-state index in [9.17, 15) is 8.42 Å². The van der Waals surface area contributed by atoms with Crippen molar-refractivity contribution in [3.63, 3.8) is 0 Å². The van der Waals surface area contributed by atoms with Gasteiger partial charge < -0.3 is 10.6 Å². The minimum atomic E-state index is -3.79. The maximum Gasteiger partial charge on any atom is 0.269 e. The SMILES string of the molecule is CNCc1cn(S(=O)(=O)c2cccnc2)c2cc(Nc3ncccc3Br)ccc12.Cl. The van der Waals surface area contributed by atoms with Gasteiger partial charge in [0.05, 0.1) is 9.99 Å². The lowest BCUT2D eigenvalue weighted by Gasteiger charge is -2.10. The van der Waals surface area contributed by atoms with Crippen LogP contribution in [0.4, 0.5) is 11.5 Å². The summed E-state index contributed by atoms with van der Waals surface area (Å²) in [4.78, 5) is 8.40. The van der Waals surface area contributed by atoms with Crippen LogP contribution in [0.15, 0.2) is 76.6 Å². The largest absolute Gasteiger partial charge is 0.339 e. The van der Waals surface area contributed by atoms with Crippen molar-refractivity contribution in [1.82, 2.24) is 19.3 Å². The zero-order chi connectivity index (χ0) is 20.4. The molecule has 0 radical (unpaired) electrons. The number of benzene rings is 1. The molecule has 0 aliphatic rings. The molecule has 0 atom stereocenters. The topological polar surface area (TPSA) is 88.9 Å². The van der Waals surface area contributed by atoms with Gasteiger partial charge in [-0.05, 0) is 64.9 Å². The van der Waals surface area contributed by atoms with E-state index in [0.29, 0.717) is 17.9 Å². The highest BCUT2D eigenvalue weighted by molar-refractivity contribution is 9.10. The van der Waals surface area contributed by atoms with E-state index >= 15 is 0 Å². The lowest BCUT2D eigenvalue weighted by atomic mass is 10.1. The Balaban J connectivity index is 0.00000256. The first-order valence-corrected chi connectivity index (χ1v) is 11.1. The Morgan fingerprint density at radius 2 is 1.93 bits per heavy atom. The summed E-state index contributed by atoms with van der Waals surface area (Å²) in [5, 5.41) is 7.18. The van der Waals surface area contributed by atoms with Crippen LogP contribution in [0.1, 0.15) is 5.56 Å². The Bertz CT molecular complexity index is 1280. The first-order chi connectivity index (χ1) is 14.0. The maximum atomic E-state index is 13.3. The molecule has 0 aliphatic heterocycles. The Labute approximate surface area is 189 Å².